The highest BCUT2D eigenvalue weighted by atomic mass is 16.5. The number of ether oxygens (including phenoxy) is 1. The lowest BCUT2D eigenvalue weighted by atomic mass is 10.0. The van der Waals surface area contributed by atoms with E-state index in [1.54, 1.807) is 0 Å². The maximum Gasteiger partial charge on any atom is 0.235 e. The molecule has 0 N–H and O–H groups in total. The number of hydrogen-bond donors (Lipinski definition) is 0. The molecule has 0 aliphatic carbocycles. The van der Waals surface area contributed by atoms with Gasteiger partial charge in [0.1, 0.15) is 11.5 Å². The molecule has 1 aliphatic heterocycles. The van der Waals surface area contributed by atoms with Gasteiger partial charge in [-0.2, -0.15) is 0 Å². The number of hydrogen-bond acceptors (Lipinski definition) is 3. The predicted molar refractivity (Wildman–Crippen MR) is 209 cm³/mol. The Labute approximate surface area is 291 Å². The van der Waals surface area contributed by atoms with Crippen LogP contribution in [0.2, 0.25) is 0 Å². The Bertz CT molecular complexity index is 3280. The summed E-state index contributed by atoms with van der Waals surface area (Å²) in [7, 11) is 0. The summed E-state index contributed by atoms with van der Waals surface area (Å²) in [5, 5.41) is 10.7. The van der Waals surface area contributed by atoms with Crippen LogP contribution in [-0.4, -0.2) is 19.1 Å². The quantitative estimate of drug-likeness (QED) is 0.187. The molecule has 0 amide bonds. The molecule has 1 aliphatic rings. The van der Waals surface area contributed by atoms with Crippen molar-refractivity contribution in [2.75, 3.05) is 0 Å². The zero-order valence-corrected chi connectivity index (χ0v) is 27.2. The van der Waals surface area contributed by atoms with Gasteiger partial charge in [-0.1, -0.05) is 97.1 Å². The van der Waals surface area contributed by atoms with Gasteiger partial charge in [0.05, 0.1) is 38.7 Å². The maximum absolute atomic E-state index is 6.34. The Balaban J connectivity index is 1.29. The molecule has 4 heterocycles. The van der Waals surface area contributed by atoms with E-state index < -0.39 is 0 Å². The minimum atomic E-state index is 0.633. The normalized spacial score (nSPS) is 12.5. The average Bonchev–Trinajstić information content (AvgIpc) is 3.69. The van der Waals surface area contributed by atoms with Gasteiger partial charge in [-0.05, 0) is 82.2 Å². The number of para-hydroxylation sites is 2. The average molecular weight is 651 g/mol. The molecular formula is C46H26N4O. The third-order valence-corrected chi connectivity index (χ3v) is 10.7. The van der Waals surface area contributed by atoms with Gasteiger partial charge in [0.15, 0.2) is 0 Å². The van der Waals surface area contributed by atoms with Crippen molar-refractivity contribution in [2.45, 2.75) is 0 Å². The van der Waals surface area contributed by atoms with Gasteiger partial charge >= 0.3 is 0 Å². The molecule has 3 aromatic heterocycles. The molecule has 0 spiro atoms. The summed E-state index contributed by atoms with van der Waals surface area (Å²) < 4.78 is 11.0. The lowest BCUT2D eigenvalue weighted by Gasteiger charge is -2.21. The first kappa shape index (κ1) is 26.9. The van der Waals surface area contributed by atoms with Crippen molar-refractivity contribution < 1.29 is 4.74 Å². The van der Waals surface area contributed by atoms with Crippen LogP contribution in [0.5, 0.6) is 11.5 Å². The molecule has 0 radical (unpaired) electrons. The fraction of sp³-hybridized carbons (Fsp3) is 0. The third kappa shape index (κ3) is 3.59. The summed E-state index contributed by atoms with van der Waals surface area (Å²) in [5.74, 6) is 2.22. The van der Waals surface area contributed by atoms with Crippen molar-refractivity contribution in [2.24, 2.45) is 0 Å². The minimum absolute atomic E-state index is 0.633. The summed E-state index contributed by atoms with van der Waals surface area (Å²) in [6, 6.07) is 56.0. The molecule has 0 saturated carbocycles. The summed E-state index contributed by atoms with van der Waals surface area (Å²) in [6.45, 7) is 0. The first-order chi connectivity index (χ1) is 25.3. The van der Waals surface area contributed by atoms with Gasteiger partial charge in [-0.3, -0.25) is 4.57 Å². The van der Waals surface area contributed by atoms with Crippen molar-refractivity contribution in [3.05, 3.63) is 158 Å². The lowest BCUT2D eigenvalue weighted by molar-refractivity contribution is 0.486. The van der Waals surface area contributed by atoms with Crippen LogP contribution in [0.3, 0.4) is 0 Å². The summed E-state index contributed by atoms with van der Waals surface area (Å²) in [5.41, 5.74) is 8.26. The van der Waals surface area contributed by atoms with Crippen molar-refractivity contribution in [3.63, 3.8) is 0 Å². The van der Waals surface area contributed by atoms with Gasteiger partial charge in [-0.15, -0.1) is 0 Å². The monoisotopic (exact) mass is 650 g/mol. The van der Waals surface area contributed by atoms with Crippen molar-refractivity contribution in [1.29, 1.82) is 0 Å². The van der Waals surface area contributed by atoms with E-state index in [1.807, 2.05) is 30.3 Å². The first-order valence-corrected chi connectivity index (χ1v) is 17.3. The highest BCUT2D eigenvalue weighted by Crippen LogP contribution is 2.47. The molecule has 0 saturated heterocycles. The van der Waals surface area contributed by atoms with E-state index in [4.69, 9.17) is 14.7 Å². The smallest absolute Gasteiger partial charge is 0.235 e. The van der Waals surface area contributed by atoms with Crippen LogP contribution in [0, 0.1) is 0 Å². The Morgan fingerprint density at radius 1 is 0.412 bits per heavy atom. The molecule has 5 heteroatoms. The van der Waals surface area contributed by atoms with Crippen LogP contribution in [0.25, 0.3) is 99.0 Å². The number of aromatic nitrogens is 4. The SMILES string of the molecule is c1ccc(-n2c3cc4c(cc3c3c5ccccc5ccc32)c2c3ccccc3ccc2n4-c2nc3c4c(cccc4n2)Oc2ccccc2-3)cc1. The largest absolute Gasteiger partial charge is 0.456 e. The number of fused-ring (bicyclic) bond motifs is 12. The van der Waals surface area contributed by atoms with Crippen molar-refractivity contribution in [3.8, 4) is 34.4 Å². The van der Waals surface area contributed by atoms with Gasteiger partial charge in [0, 0.05) is 32.8 Å². The van der Waals surface area contributed by atoms with Crippen LogP contribution in [0.15, 0.2) is 158 Å². The second-order valence-electron chi connectivity index (χ2n) is 13.4. The second-order valence-corrected chi connectivity index (χ2v) is 13.4. The Morgan fingerprint density at radius 3 is 1.80 bits per heavy atom. The number of rotatable bonds is 2. The fourth-order valence-corrected chi connectivity index (χ4v) is 8.53. The zero-order chi connectivity index (χ0) is 33.2. The van der Waals surface area contributed by atoms with Crippen LogP contribution in [-0.2, 0) is 0 Å². The molecule has 8 aromatic carbocycles. The molecule has 236 valence electrons. The maximum atomic E-state index is 6.34. The molecular weight excluding hydrogens is 625 g/mol. The molecule has 11 aromatic rings. The van der Waals surface area contributed by atoms with E-state index in [-0.39, 0.29) is 0 Å². The molecule has 0 fully saturated rings. The topological polar surface area (TPSA) is 44.9 Å². The summed E-state index contributed by atoms with van der Waals surface area (Å²) >= 11 is 0. The van der Waals surface area contributed by atoms with E-state index in [9.17, 15) is 0 Å². The Morgan fingerprint density at radius 2 is 1.04 bits per heavy atom. The highest BCUT2D eigenvalue weighted by Gasteiger charge is 2.26. The third-order valence-electron chi connectivity index (χ3n) is 10.7. The molecule has 12 rings (SSSR count). The minimum Gasteiger partial charge on any atom is -0.456 e. The lowest BCUT2D eigenvalue weighted by Crippen LogP contribution is -2.06. The predicted octanol–water partition coefficient (Wildman–Crippen LogP) is 11.9. The molecule has 51 heavy (non-hydrogen) atoms. The summed E-state index contributed by atoms with van der Waals surface area (Å²) in [6.07, 6.45) is 0. The van der Waals surface area contributed by atoms with Gasteiger partial charge in [0.2, 0.25) is 5.95 Å². The van der Waals surface area contributed by atoms with Crippen LogP contribution < -0.4 is 4.74 Å². The van der Waals surface area contributed by atoms with E-state index in [0.717, 1.165) is 55.9 Å². The van der Waals surface area contributed by atoms with Crippen molar-refractivity contribution >= 4 is 76.1 Å². The van der Waals surface area contributed by atoms with Crippen LogP contribution >= 0.6 is 0 Å². The van der Waals surface area contributed by atoms with Crippen molar-refractivity contribution in [1.82, 2.24) is 19.1 Å². The second kappa shape index (κ2) is 9.80. The molecule has 0 bridgehead atoms. The van der Waals surface area contributed by atoms with E-state index >= 15 is 0 Å². The fourth-order valence-electron chi connectivity index (χ4n) is 8.53. The van der Waals surface area contributed by atoms with E-state index in [1.165, 1.54) is 48.6 Å². The first-order valence-electron chi connectivity index (χ1n) is 17.3. The molecule has 0 unspecified atom stereocenters. The van der Waals surface area contributed by atoms with Gasteiger partial charge < -0.3 is 9.30 Å². The number of nitrogens with zero attached hydrogens (tertiary/aromatic N) is 4. The van der Waals surface area contributed by atoms with E-state index in [0.29, 0.717) is 5.95 Å². The van der Waals surface area contributed by atoms with Crippen LogP contribution in [0.4, 0.5) is 0 Å². The van der Waals surface area contributed by atoms with Gasteiger partial charge in [-0.25, -0.2) is 9.97 Å². The Kier molecular flexibility index (Phi) is 5.17. The Hall–Kier alpha value is -6.98. The van der Waals surface area contributed by atoms with Crippen LogP contribution in [0.1, 0.15) is 0 Å². The highest BCUT2D eigenvalue weighted by molar-refractivity contribution is 6.28. The molecule has 5 nitrogen and oxygen atoms in total. The zero-order valence-electron chi connectivity index (χ0n) is 27.2. The van der Waals surface area contributed by atoms with E-state index in [2.05, 4.69) is 137 Å². The van der Waals surface area contributed by atoms with Gasteiger partial charge in [0.25, 0.3) is 0 Å². The molecule has 0 atom stereocenters. The summed E-state index contributed by atoms with van der Waals surface area (Å²) in [4.78, 5) is 10.7. The number of benzene rings is 8. The standard InChI is InChI=1S/C46H26N4O/c1-2-13-29(14-3-1)49-36-23-21-27-11-4-6-15-30(27)42(36)33-25-34-39(26-38(33)49)50(37-24-22-28-12-5-7-16-31(28)43(34)37)46-47-35-18-10-20-41-44(35)45(48-46)32-17-8-9-19-40(32)51-41/h1-26H.